The van der Waals surface area contributed by atoms with Crippen LogP contribution in [0.2, 0.25) is 0 Å². The van der Waals surface area contributed by atoms with Gasteiger partial charge in [-0.1, -0.05) is 0 Å². The zero-order valence-corrected chi connectivity index (χ0v) is 18.7. The molecule has 30 heavy (non-hydrogen) atoms. The fraction of sp³-hybridized carbons (Fsp3) is 0.333. The van der Waals surface area contributed by atoms with Crippen LogP contribution >= 0.6 is 15.9 Å². The highest BCUT2D eigenvalue weighted by atomic mass is 79.9. The molecule has 0 saturated carbocycles. The van der Waals surface area contributed by atoms with Gasteiger partial charge in [0.2, 0.25) is 0 Å². The molecule has 1 aromatic heterocycles. The maximum atomic E-state index is 13.1. The number of amides is 1. The summed E-state index contributed by atoms with van der Waals surface area (Å²) in [6.45, 7) is 2.64. The molecule has 0 radical (unpaired) electrons. The molecule has 158 valence electrons. The molecule has 9 heteroatoms. The van der Waals surface area contributed by atoms with E-state index in [1.54, 1.807) is 48.5 Å². The Hall–Kier alpha value is -2.78. The first-order chi connectivity index (χ1) is 14.4. The highest BCUT2D eigenvalue weighted by molar-refractivity contribution is 9.10. The molecule has 1 aliphatic rings. The Morgan fingerprint density at radius 1 is 1.10 bits per heavy atom. The second kappa shape index (κ2) is 8.16. The number of fused-ring (bicyclic) bond motifs is 1. The van der Waals surface area contributed by atoms with Gasteiger partial charge in [0, 0.05) is 31.7 Å². The summed E-state index contributed by atoms with van der Waals surface area (Å²) in [4.78, 5) is 27.7. The van der Waals surface area contributed by atoms with E-state index in [-0.39, 0.29) is 11.6 Å². The van der Waals surface area contributed by atoms with Crippen molar-refractivity contribution in [2.75, 3.05) is 43.6 Å². The van der Waals surface area contributed by atoms with E-state index in [2.05, 4.69) is 26.1 Å². The van der Waals surface area contributed by atoms with E-state index in [1.165, 1.54) is 0 Å². The van der Waals surface area contributed by atoms with Crippen LogP contribution in [0, 0.1) is 0 Å². The number of morpholine rings is 1. The van der Waals surface area contributed by atoms with Crippen molar-refractivity contribution in [1.29, 1.82) is 0 Å². The number of aryl methyl sites for hydroxylation is 2. The minimum atomic E-state index is -0.268. The first-order valence-electron chi connectivity index (χ1n) is 9.57. The van der Waals surface area contributed by atoms with E-state index in [4.69, 9.17) is 9.47 Å². The average Bonchev–Trinajstić information content (AvgIpc) is 2.97. The molecule has 0 atom stereocenters. The first-order valence-corrected chi connectivity index (χ1v) is 10.4. The van der Waals surface area contributed by atoms with Crippen molar-refractivity contribution < 1.29 is 14.3 Å². The Balaban J connectivity index is 1.81. The second-order valence-corrected chi connectivity index (χ2v) is 8.01. The van der Waals surface area contributed by atoms with Crippen LogP contribution < -0.4 is 20.6 Å². The predicted molar refractivity (Wildman–Crippen MR) is 120 cm³/mol. The molecule has 1 aliphatic heterocycles. The molecule has 1 N–H and O–H groups in total. The second-order valence-electron chi connectivity index (χ2n) is 7.16. The van der Waals surface area contributed by atoms with E-state index in [9.17, 15) is 9.59 Å². The van der Waals surface area contributed by atoms with Gasteiger partial charge in [0.1, 0.15) is 5.75 Å². The predicted octanol–water partition coefficient (Wildman–Crippen LogP) is 2.74. The summed E-state index contributed by atoms with van der Waals surface area (Å²) in [5, 5.41) is 3.03. The number of rotatable bonds is 4. The summed E-state index contributed by atoms with van der Waals surface area (Å²) >= 11 is 3.44. The number of nitrogens with one attached hydrogen (secondary N) is 1. The van der Waals surface area contributed by atoms with E-state index in [0.717, 1.165) is 16.7 Å². The summed E-state index contributed by atoms with van der Waals surface area (Å²) in [5.41, 5.74) is 3.41. The van der Waals surface area contributed by atoms with E-state index < -0.39 is 0 Å². The van der Waals surface area contributed by atoms with E-state index >= 15 is 0 Å². The van der Waals surface area contributed by atoms with Gasteiger partial charge in [-0.3, -0.25) is 13.9 Å². The Bertz CT molecular complexity index is 1180. The highest BCUT2D eigenvalue weighted by Crippen LogP contribution is 2.33. The van der Waals surface area contributed by atoms with Crippen LogP contribution in [0.5, 0.6) is 5.75 Å². The lowest BCUT2D eigenvalue weighted by Gasteiger charge is -2.30. The number of carbonyl (C=O) groups excluding carboxylic acids is 1. The first kappa shape index (κ1) is 20.5. The number of imidazole rings is 1. The molecule has 2 aromatic carbocycles. The molecular formula is C21H23BrN4O4. The minimum absolute atomic E-state index is 0.114. The molecule has 1 fully saturated rings. The SMILES string of the molecule is COc1ccc(Br)c(C(=O)Nc2cc3c(cc2N2CCOCC2)n(C)c(=O)n3C)c1. The van der Waals surface area contributed by atoms with Crippen molar-refractivity contribution in [2.45, 2.75) is 0 Å². The van der Waals surface area contributed by atoms with Gasteiger partial charge in [-0.2, -0.15) is 0 Å². The van der Waals surface area contributed by atoms with Gasteiger partial charge in [-0.15, -0.1) is 0 Å². The molecule has 1 saturated heterocycles. The maximum absolute atomic E-state index is 13.1. The third-order valence-corrected chi connectivity index (χ3v) is 6.10. The third kappa shape index (κ3) is 3.59. The number of ether oxygens (including phenoxy) is 2. The smallest absolute Gasteiger partial charge is 0.328 e. The van der Waals surface area contributed by atoms with Crippen LogP contribution in [0.1, 0.15) is 10.4 Å². The van der Waals surface area contributed by atoms with Crippen LogP contribution in [-0.4, -0.2) is 48.5 Å². The Morgan fingerprint density at radius 3 is 2.43 bits per heavy atom. The quantitative estimate of drug-likeness (QED) is 0.628. The molecule has 0 unspecified atom stereocenters. The molecule has 0 aliphatic carbocycles. The lowest BCUT2D eigenvalue weighted by atomic mass is 10.1. The topological polar surface area (TPSA) is 77.7 Å². The zero-order chi connectivity index (χ0) is 21.4. The van der Waals surface area contributed by atoms with Crippen LogP contribution in [0.4, 0.5) is 11.4 Å². The van der Waals surface area contributed by atoms with Gasteiger partial charge in [-0.25, -0.2) is 4.79 Å². The number of hydrogen-bond acceptors (Lipinski definition) is 5. The number of nitrogens with zero attached hydrogens (tertiary/aromatic N) is 3. The van der Waals surface area contributed by atoms with E-state index in [0.29, 0.717) is 47.8 Å². The third-order valence-electron chi connectivity index (χ3n) is 5.41. The molecule has 4 rings (SSSR count). The molecular weight excluding hydrogens is 452 g/mol. The lowest BCUT2D eigenvalue weighted by Crippen LogP contribution is -2.36. The Morgan fingerprint density at radius 2 is 1.77 bits per heavy atom. The lowest BCUT2D eigenvalue weighted by molar-refractivity contribution is 0.102. The van der Waals surface area contributed by atoms with Gasteiger partial charge < -0.3 is 19.7 Å². The number of aromatic nitrogens is 2. The van der Waals surface area contributed by atoms with Crippen molar-refractivity contribution in [3.8, 4) is 5.75 Å². The van der Waals surface area contributed by atoms with Crippen molar-refractivity contribution in [1.82, 2.24) is 9.13 Å². The Labute approximate surface area is 182 Å². The van der Waals surface area contributed by atoms with Crippen LogP contribution in [0.25, 0.3) is 11.0 Å². The summed E-state index contributed by atoms with van der Waals surface area (Å²) in [6.07, 6.45) is 0. The normalized spacial score (nSPS) is 14.2. The van der Waals surface area contributed by atoms with Gasteiger partial charge in [0.25, 0.3) is 5.91 Å². The monoisotopic (exact) mass is 474 g/mol. The molecule has 3 aromatic rings. The van der Waals surface area contributed by atoms with Crippen molar-refractivity contribution in [2.24, 2.45) is 14.1 Å². The fourth-order valence-corrected chi connectivity index (χ4v) is 4.12. The fourth-order valence-electron chi connectivity index (χ4n) is 3.70. The molecule has 8 nitrogen and oxygen atoms in total. The number of hydrogen-bond donors (Lipinski definition) is 1. The summed E-state index contributed by atoms with van der Waals surface area (Å²) in [7, 11) is 5.04. The molecule has 0 bridgehead atoms. The summed E-state index contributed by atoms with van der Waals surface area (Å²) in [5.74, 6) is 0.327. The number of benzene rings is 2. The molecule has 1 amide bonds. The van der Waals surface area contributed by atoms with E-state index in [1.807, 2.05) is 12.1 Å². The van der Waals surface area contributed by atoms with Crippen LogP contribution in [-0.2, 0) is 18.8 Å². The number of anilines is 2. The zero-order valence-electron chi connectivity index (χ0n) is 17.1. The minimum Gasteiger partial charge on any atom is -0.497 e. The number of carbonyl (C=O) groups is 1. The molecule has 0 spiro atoms. The number of methoxy groups -OCH3 is 1. The van der Waals surface area contributed by atoms with Crippen molar-refractivity contribution in [3.63, 3.8) is 0 Å². The van der Waals surface area contributed by atoms with Crippen molar-refractivity contribution >= 4 is 44.2 Å². The van der Waals surface area contributed by atoms with Gasteiger partial charge in [0.05, 0.1) is 48.3 Å². The van der Waals surface area contributed by atoms with Gasteiger partial charge in [0.15, 0.2) is 0 Å². The Kier molecular flexibility index (Phi) is 5.57. The van der Waals surface area contributed by atoms with Gasteiger partial charge >= 0.3 is 5.69 Å². The summed E-state index contributed by atoms with van der Waals surface area (Å²) in [6, 6.07) is 9.06. The standard InChI is InChI=1S/C21H23BrN4O4/c1-24-18-11-16(23-20(27)14-10-13(29-3)4-5-15(14)22)17(26-6-8-30-9-7-26)12-19(18)25(2)21(24)28/h4-5,10-12H,6-9H2,1-3H3,(H,23,27). The van der Waals surface area contributed by atoms with Crippen molar-refractivity contribution in [3.05, 3.63) is 50.9 Å². The maximum Gasteiger partial charge on any atom is 0.328 e. The largest absolute Gasteiger partial charge is 0.497 e. The van der Waals surface area contributed by atoms with Crippen LogP contribution in [0.3, 0.4) is 0 Å². The molecule has 2 heterocycles. The number of halogens is 1. The average molecular weight is 475 g/mol. The van der Waals surface area contributed by atoms with Gasteiger partial charge in [-0.05, 0) is 46.3 Å². The highest BCUT2D eigenvalue weighted by Gasteiger charge is 2.21. The summed E-state index contributed by atoms with van der Waals surface area (Å²) < 4.78 is 14.6. The van der Waals surface area contributed by atoms with Crippen LogP contribution in [0.15, 0.2) is 39.6 Å².